The molecule has 7 amide bonds. The molecule has 2 fully saturated rings. The number of aromatic hydroxyl groups is 3. The second-order valence-electron chi connectivity index (χ2n) is 25.7. The van der Waals surface area contributed by atoms with E-state index in [2.05, 4.69) is 37.2 Å². The molecule has 36 heteroatoms. The number of benzene rings is 5. The Morgan fingerprint density at radius 3 is 1.89 bits per heavy atom. The summed E-state index contributed by atoms with van der Waals surface area (Å²) in [7, 11) is 1.47. The van der Waals surface area contributed by atoms with Crippen molar-refractivity contribution in [2.75, 3.05) is 13.7 Å². The number of fused-ring (bicyclic) bond motifs is 15. The summed E-state index contributed by atoms with van der Waals surface area (Å²) in [5, 5.41) is 131. The van der Waals surface area contributed by atoms with Gasteiger partial charge in [0.25, 0.3) is 0 Å². The zero-order valence-electron chi connectivity index (χ0n) is 55.3. The fraction of sp³-hybridized carbons (Fsp3) is 0.424. The first kappa shape index (κ1) is 77.9. The zero-order valence-corrected chi connectivity index (χ0v) is 58.8. The molecular weight excluding hydrogens is 1400 g/mol. The summed E-state index contributed by atoms with van der Waals surface area (Å²) in [5.41, 5.74) is 8.00. The molecule has 7 aliphatic heterocycles. The minimum Gasteiger partial charge on any atom is -0.508 e. The van der Waals surface area contributed by atoms with E-state index in [4.69, 9.17) is 63.1 Å². The Kier molecular flexibility index (Phi) is 24.3. The van der Waals surface area contributed by atoms with E-state index < -0.39 is 237 Å². The SMILES string of the molecule is CN[C@H](CC(C)C)C(=O)N[C@H]1C(=O)N[C@@H](CC(N)=O)C(=O)N[C@H]2C(=O)N[C@H]3C(=O)N[C@H](C(=O)N[C@@H](C(=O)O)c4cc(O)cc(O)c4-c4cc3ccc4O)[C@H](O)c3ccc(c(Cl)c3)Oc3cc2cc(c3O[C@@H]2O[C@H](CO)[C@@H](O)[C@H](O)[C@H]2O[C@H]2C[C@](C)(N)C(O)[C@H](C)O2)Oc2ccc(cc2Cl)[C@H]1O.[Na+]. The number of carboxylic acids is 1. The summed E-state index contributed by atoms with van der Waals surface area (Å²) in [6, 6.07) is -0.679. The van der Waals surface area contributed by atoms with Crippen molar-refractivity contribution in [1.29, 1.82) is 0 Å². The van der Waals surface area contributed by atoms with Gasteiger partial charge in [-0.25, -0.2) is 4.79 Å². The molecule has 0 saturated carbocycles. The van der Waals surface area contributed by atoms with Gasteiger partial charge in [0.1, 0.15) is 89.5 Å². The van der Waals surface area contributed by atoms with Gasteiger partial charge in [-0.2, -0.15) is 0 Å². The average Bonchev–Trinajstić information content (AvgIpc) is 0.773. The maximum Gasteiger partial charge on any atom is 1.00 e. The Morgan fingerprint density at radius 2 is 1.31 bits per heavy atom. The van der Waals surface area contributed by atoms with Crippen molar-refractivity contribution in [3.8, 4) is 57.1 Å². The van der Waals surface area contributed by atoms with Gasteiger partial charge in [-0.05, 0) is 110 Å². The van der Waals surface area contributed by atoms with E-state index in [1.54, 1.807) is 0 Å². The van der Waals surface area contributed by atoms with Crippen LogP contribution in [-0.2, 0) is 52.6 Å². The molecule has 2 saturated heterocycles. The third-order valence-corrected chi connectivity index (χ3v) is 18.4. The number of aliphatic hydroxyl groups is 6. The molecule has 102 heavy (non-hydrogen) atoms. The fourth-order valence-electron chi connectivity index (χ4n) is 12.5. The third kappa shape index (κ3) is 16.6. The summed E-state index contributed by atoms with van der Waals surface area (Å²) in [6.07, 6.45) is -18.6. The Labute approximate surface area is 612 Å². The monoisotopic (exact) mass is 1470 g/mol. The number of nitrogens with one attached hydrogen (secondary N) is 7. The number of nitrogens with two attached hydrogens (primary N) is 2. The summed E-state index contributed by atoms with van der Waals surface area (Å²) >= 11 is 14.1. The number of hydrogen-bond acceptors (Lipinski definition) is 25. The summed E-state index contributed by atoms with van der Waals surface area (Å²) in [6.45, 7) is 5.66. The van der Waals surface area contributed by atoms with Gasteiger partial charge in [0.05, 0.1) is 41.3 Å². The number of carbonyl (C=O) groups is 8. The smallest absolute Gasteiger partial charge is 0.508 e. The quantitative estimate of drug-likeness (QED) is 0.0526. The number of ether oxygens (including phenoxy) is 6. The van der Waals surface area contributed by atoms with Gasteiger partial charge in [-0.1, -0.05) is 55.2 Å². The number of phenols is 3. The van der Waals surface area contributed by atoms with Crippen molar-refractivity contribution in [2.24, 2.45) is 17.4 Å². The van der Waals surface area contributed by atoms with Crippen LogP contribution in [0.2, 0.25) is 10.0 Å². The van der Waals surface area contributed by atoms with E-state index in [0.717, 1.165) is 66.7 Å². The number of halogens is 2. The summed E-state index contributed by atoms with van der Waals surface area (Å²) in [4.78, 5) is 117. The molecule has 1 unspecified atom stereocenters. The van der Waals surface area contributed by atoms with Crippen molar-refractivity contribution in [2.45, 2.75) is 156 Å². The number of carboxylic acid groups (broad SMARTS) is 1. The molecule has 5 aromatic carbocycles. The number of hydrogen-bond donors (Lipinski definition) is 19. The number of rotatable bonds is 13. The number of aliphatic hydroxyl groups excluding tert-OH is 6. The van der Waals surface area contributed by atoms with Crippen LogP contribution >= 0.6 is 23.2 Å². The number of likely N-dealkylation sites (N-methyl/N-ethyl adjacent to an activating group) is 1. The van der Waals surface area contributed by atoms with Crippen LogP contribution in [0.5, 0.6) is 46.0 Å². The van der Waals surface area contributed by atoms with Gasteiger partial charge in [0.2, 0.25) is 53.4 Å². The van der Waals surface area contributed by atoms with Crippen LogP contribution in [0.25, 0.3) is 11.1 Å². The van der Waals surface area contributed by atoms with Crippen molar-refractivity contribution in [3.05, 3.63) is 117 Å². The van der Waals surface area contributed by atoms with Gasteiger partial charge in [-0.15, -0.1) is 0 Å². The molecular formula is C66H75Cl2N9NaO24+. The number of primary amides is 1. The van der Waals surface area contributed by atoms with Crippen LogP contribution in [0, 0.1) is 5.92 Å². The molecule has 33 nitrogen and oxygen atoms in total. The zero-order chi connectivity index (χ0) is 73.5. The number of phenolic OH excluding ortho intramolecular Hbond substituents is 3. The van der Waals surface area contributed by atoms with E-state index in [1.165, 1.54) is 33.0 Å². The standard InChI is InChI=1S/C66H75Cl2N9O24.Na/c1-23(2)12-34(71-5)58(88)76-49-51(83)26-7-10-38(32(67)14-26)97-40-16-28-17-41(55(40)101-65-56(54(86)53(85)42(22-78)99-65)100-44-21-66(4,70)57(87)24(3)96-44)98-39-11-8-27(15-33(39)68)52(84)50-63(93)75-48(64(94)95)31-18-29(79)19-37(81)45(31)30-13-25(6-9-36(30)80)46(60(90)77-50)74-61(91)47(28)73-59(89)35(20-43(69)82)72-62(49)92;/h6-11,13-19,23-24,34-35,42,44,46-54,56-57,65,71,78-81,83-87H,12,20-22,70H2,1-5H3,(H2,69,82)(H,72,92)(H,73,89)(H,74,91)(H,75,93)(H,76,88)(H,77,90)(H,94,95);/q;+1/t24-,34+,35-,42+,44-,46+,47+,48+,49+,50-,51+,52+,53+,54-,56+,57?,65-,66-;/m0./s1. The van der Waals surface area contributed by atoms with E-state index in [9.17, 15) is 75.0 Å². The van der Waals surface area contributed by atoms with Crippen molar-refractivity contribution >= 4 is 70.5 Å². The van der Waals surface area contributed by atoms with E-state index in [1.807, 2.05) is 13.8 Å². The number of aliphatic carboxylic acids is 1. The second kappa shape index (κ2) is 31.8. The predicted octanol–water partition coefficient (Wildman–Crippen LogP) is -2.89. The minimum absolute atomic E-state index is 0. The summed E-state index contributed by atoms with van der Waals surface area (Å²) in [5.74, 6) is -16.0. The maximum absolute atomic E-state index is 16.0. The first-order valence-electron chi connectivity index (χ1n) is 31.6. The topological polar surface area (TPSA) is 530 Å². The van der Waals surface area contributed by atoms with Crippen LogP contribution < -0.4 is 92.5 Å². The van der Waals surface area contributed by atoms with Crippen molar-refractivity contribution in [3.63, 3.8) is 0 Å². The molecule has 0 aromatic heterocycles. The Hall–Kier alpha value is -8.20. The summed E-state index contributed by atoms with van der Waals surface area (Å²) < 4.78 is 38.3. The average molecular weight is 1470 g/mol. The Balaban J connectivity index is 0.0000121. The van der Waals surface area contributed by atoms with Gasteiger partial charge >= 0.3 is 35.5 Å². The number of amides is 7. The first-order valence-corrected chi connectivity index (χ1v) is 32.4. The molecule has 18 atom stereocenters. The molecule has 12 rings (SSSR count). The van der Waals surface area contributed by atoms with E-state index in [-0.39, 0.29) is 75.8 Å². The van der Waals surface area contributed by atoms with Gasteiger partial charge in [0, 0.05) is 34.7 Å². The molecule has 7 aliphatic rings. The fourth-order valence-corrected chi connectivity index (χ4v) is 12.9. The molecule has 21 N–H and O–H groups in total. The van der Waals surface area contributed by atoms with Crippen molar-refractivity contribution < 1.29 is 147 Å². The normalized spacial score (nSPS) is 29.1. The van der Waals surface area contributed by atoms with Crippen LogP contribution in [-0.4, -0.2) is 191 Å². The van der Waals surface area contributed by atoms with Crippen molar-refractivity contribution in [1.82, 2.24) is 37.2 Å². The van der Waals surface area contributed by atoms with Crippen LogP contribution in [0.15, 0.2) is 78.9 Å². The van der Waals surface area contributed by atoms with Gasteiger partial charge in [-0.3, -0.25) is 33.6 Å². The molecule has 11 bridgehead atoms. The molecule has 0 aliphatic carbocycles. The van der Waals surface area contributed by atoms with Crippen LogP contribution in [0.4, 0.5) is 0 Å². The molecule has 7 heterocycles. The second-order valence-corrected chi connectivity index (χ2v) is 26.5. The minimum atomic E-state index is -2.35. The Morgan fingerprint density at radius 1 is 0.716 bits per heavy atom. The van der Waals surface area contributed by atoms with Crippen LogP contribution in [0.1, 0.15) is 105 Å². The predicted molar refractivity (Wildman–Crippen MR) is 349 cm³/mol. The number of carbonyl (C=O) groups excluding carboxylic acids is 7. The molecule has 542 valence electrons. The Bertz CT molecular complexity index is 4080. The molecule has 5 aromatic rings. The van der Waals surface area contributed by atoms with Crippen LogP contribution in [0.3, 0.4) is 0 Å². The maximum atomic E-state index is 16.0. The molecule has 0 radical (unpaired) electrons. The molecule has 0 spiro atoms. The van der Waals surface area contributed by atoms with E-state index >= 15 is 14.4 Å². The van der Waals surface area contributed by atoms with Gasteiger partial charge < -0.3 is 128 Å². The third-order valence-electron chi connectivity index (χ3n) is 17.8. The largest absolute Gasteiger partial charge is 1.00 e. The van der Waals surface area contributed by atoms with Gasteiger partial charge in [0.15, 0.2) is 29.9 Å². The van der Waals surface area contributed by atoms with E-state index in [0.29, 0.717) is 0 Å². The first-order chi connectivity index (χ1) is 47.7.